The molecule has 0 heterocycles. The van der Waals surface area contributed by atoms with E-state index in [4.69, 9.17) is 5.73 Å². The normalized spacial score (nSPS) is 12.4. The Morgan fingerprint density at radius 1 is 1.33 bits per heavy atom. The Labute approximate surface area is 130 Å². The largest absolute Gasteiger partial charge is 0.399 e. The smallest absolute Gasteiger partial charge is 0.230 e. The van der Waals surface area contributed by atoms with Crippen molar-refractivity contribution in [1.82, 2.24) is 5.32 Å². The fourth-order valence-corrected chi connectivity index (χ4v) is 2.73. The molecule has 3 N–H and O–H groups in total. The summed E-state index contributed by atoms with van der Waals surface area (Å²) in [4.78, 5) is 12.3. The predicted octanol–water partition coefficient (Wildman–Crippen LogP) is 3.83. The fraction of sp³-hybridized carbons (Fsp3) is 0.562. The van der Waals surface area contributed by atoms with E-state index >= 15 is 0 Å². The van der Waals surface area contributed by atoms with E-state index in [0.29, 0.717) is 16.5 Å². The first-order chi connectivity index (χ1) is 9.88. The lowest BCUT2D eigenvalue weighted by molar-refractivity contribution is -0.119. The van der Waals surface area contributed by atoms with Gasteiger partial charge in [-0.25, -0.2) is 4.39 Å². The van der Waals surface area contributed by atoms with E-state index < -0.39 is 0 Å². The Balaban J connectivity index is 2.30. The second-order valence-electron chi connectivity index (χ2n) is 5.77. The molecule has 118 valence electrons. The van der Waals surface area contributed by atoms with E-state index in [2.05, 4.69) is 19.2 Å². The van der Waals surface area contributed by atoms with E-state index in [1.54, 1.807) is 12.1 Å². The highest BCUT2D eigenvalue weighted by Gasteiger charge is 2.10. The van der Waals surface area contributed by atoms with Gasteiger partial charge in [-0.2, -0.15) is 0 Å². The van der Waals surface area contributed by atoms with Crippen molar-refractivity contribution in [3.63, 3.8) is 0 Å². The van der Waals surface area contributed by atoms with Crippen LogP contribution in [0.1, 0.15) is 40.0 Å². The van der Waals surface area contributed by atoms with Crippen molar-refractivity contribution in [1.29, 1.82) is 0 Å². The Morgan fingerprint density at radius 2 is 2.05 bits per heavy atom. The molecular formula is C16H25FN2OS. The number of hydrogen-bond acceptors (Lipinski definition) is 3. The molecule has 1 atom stereocenters. The minimum absolute atomic E-state index is 0.0618. The molecule has 0 radical (unpaired) electrons. The van der Waals surface area contributed by atoms with Gasteiger partial charge in [0.25, 0.3) is 0 Å². The lowest BCUT2D eigenvalue weighted by atomic mass is 10.0. The van der Waals surface area contributed by atoms with Crippen LogP contribution in [-0.2, 0) is 4.79 Å². The standard InChI is InChI=1S/C16H25FN2OS/c1-11(2)5-4-6-12(3)19-16(20)10-21-15-8-7-13(18)9-14(15)17/h7-9,11-12H,4-6,10,18H2,1-3H3,(H,19,20). The number of rotatable bonds is 8. The van der Waals surface area contributed by atoms with Gasteiger partial charge >= 0.3 is 0 Å². The topological polar surface area (TPSA) is 55.1 Å². The zero-order valence-electron chi connectivity index (χ0n) is 13.0. The maximum absolute atomic E-state index is 13.6. The summed E-state index contributed by atoms with van der Waals surface area (Å²) in [6.45, 7) is 6.40. The second-order valence-corrected chi connectivity index (χ2v) is 6.79. The maximum Gasteiger partial charge on any atom is 0.230 e. The lowest BCUT2D eigenvalue weighted by Crippen LogP contribution is -2.33. The molecule has 1 aromatic carbocycles. The van der Waals surface area contributed by atoms with Crippen LogP contribution in [0.4, 0.5) is 10.1 Å². The fourth-order valence-electron chi connectivity index (χ4n) is 2.00. The number of carbonyl (C=O) groups excluding carboxylic acids is 1. The summed E-state index contributed by atoms with van der Waals surface area (Å²) < 4.78 is 13.6. The third kappa shape index (κ3) is 7.37. The average molecular weight is 312 g/mol. The highest BCUT2D eigenvalue weighted by molar-refractivity contribution is 8.00. The number of nitrogens with two attached hydrogens (primary N) is 1. The molecule has 5 heteroatoms. The Bertz CT molecular complexity index is 466. The van der Waals surface area contributed by atoms with E-state index in [9.17, 15) is 9.18 Å². The molecule has 0 aliphatic heterocycles. The molecule has 0 spiro atoms. The number of hydrogen-bond donors (Lipinski definition) is 2. The van der Waals surface area contributed by atoms with Crippen LogP contribution in [0.25, 0.3) is 0 Å². The molecule has 3 nitrogen and oxygen atoms in total. The van der Waals surface area contributed by atoms with Gasteiger partial charge in [0.2, 0.25) is 5.91 Å². The summed E-state index contributed by atoms with van der Waals surface area (Å²) in [5.41, 5.74) is 5.88. The summed E-state index contributed by atoms with van der Waals surface area (Å²) in [5, 5.41) is 2.95. The van der Waals surface area contributed by atoms with Gasteiger partial charge in [-0.1, -0.05) is 26.7 Å². The number of carbonyl (C=O) groups is 1. The van der Waals surface area contributed by atoms with Gasteiger partial charge in [0, 0.05) is 16.6 Å². The monoisotopic (exact) mass is 312 g/mol. The molecule has 0 saturated carbocycles. The van der Waals surface area contributed by atoms with Crippen LogP contribution in [0.3, 0.4) is 0 Å². The molecule has 0 aliphatic carbocycles. The number of anilines is 1. The van der Waals surface area contributed by atoms with Crippen molar-refractivity contribution in [3.8, 4) is 0 Å². The molecule has 1 aromatic rings. The van der Waals surface area contributed by atoms with Gasteiger partial charge in [-0.15, -0.1) is 11.8 Å². The van der Waals surface area contributed by atoms with Crippen LogP contribution < -0.4 is 11.1 Å². The maximum atomic E-state index is 13.6. The minimum atomic E-state index is -0.377. The third-order valence-electron chi connectivity index (χ3n) is 3.14. The molecule has 0 saturated heterocycles. The van der Waals surface area contributed by atoms with E-state index in [1.165, 1.54) is 24.2 Å². The highest BCUT2D eigenvalue weighted by Crippen LogP contribution is 2.23. The van der Waals surface area contributed by atoms with Crippen LogP contribution in [0.2, 0.25) is 0 Å². The van der Waals surface area contributed by atoms with Gasteiger partial charge < -0.3 is 11.1 Å². The number of nitrogens with one attached hydrogen (secondary N) is 1. The molecule has 1 amide bonds. The predicted molar refractivity (Wildman–Crippen MR) is 87.8 cm³/mol. The Morgan fingerprint density at radius 3 is 2.67 bits per heavy atom. The number of halogens is 1. The highest BCUT2D eigenvalue weighted by atomic mass is 32.2. The van der Waals surface area contributed by atoms with E-state index in [-0.39, 0.29) is 23.5 Å². The molecule has 0 bridgehead atoms. The molecule has 0 aliphatic rings. The summed E-state index contributed by atoms with van der Waals surface area (Å²) in [6, 6.07) is 4.68. The lowest BCUT2D eigenvalue weighted by Gasteiger charge is -2.14. The molecule has 0 aromatic heterocycles. The van der Waals surface area contributed by atoms with Gasteiger partial charge in [0.05, 0.1) is 5.75 Å². The first-order valence-corrected chi connectivity index (χ1v) is 8.34. The summed E-state index contributed by atoms with van der Waals surface area (Å²) >= 11 is 1.19. The van der Waals surface area contributed by atoms with Crippen LogP contribution in [0.5, 0.6) is 0 Å². The van der Waals surface area contributed by atoms with Crippen molar-refractivity contribution in [2.45, 2.75) is 51.0 Å². The second kappa shape index (κ2) is 8.93. The average Bonchev–Trinajstić information content (AvgIpc) is 2.37. The molecule has 0 fully saturated rings. The van der Waals surface area contributed by atoms with Crippen LogP contribution in [-0.4, -0.2) is 17.7 Å². The first-order valence-electron chi connectivity index (χ1n) is 7.35. The zero-order chi connectivity index (χ0) is 15.8. The summed E-state index contributed by atoms with van der Waals surface area (Å²) in [7, 11) is 0. The van der Waals surface area contributed by atoms with Crippen molar-refractivity contribution in [2.24, 2.45) is 5.92 Å². The SMILES string of the molecule is CC(C)CCCC(C)NC(=O)CSc1ccc(N)cc1F. The van der Waals surface area contributed by atoms with E-state index in [0.717, 1.165) is 12.8 Å². The zero-order valence-corrected chi connectivity index (χ0v) is 13.8. The van der Waals surface area contributed by atoms with Gasteiger partial charge in [-0.05, 0) is 37.5 Å². The number of thioether (sulfide) groups is 1. The van der Waals surface area contributed by atoms with Gasteiger partial charge in [0.15, 0.2) is 0 Å². The molecular weight excluding hydrogens is 287 g/mol. The summed E-state index contributed by atoms with van der Waals surface area (Å²) in [6.07, 6.45) is 3.26. The Kier molecular flexibility index (Phi) is 7.57. The van der Waals surface area contributed by atoms with Crippen molar-refractivity contribution in [2.75, 3.05) is 11.5 Å². The quantitative estimate of drug-likeness (QED) is 0.566. The Hall–Kier alpha value is -1.23. The van der Waals surface area contributed by atoms with Gasteiger partial charge in [0.1, 0.15) is 5.82 Å². The minimum Gasteiger partial charge on any atom is -0.399 e. The van der Waals surface area contributed by atoms with Crippen LogP contribution in [0.15, 0.2) is 23.1 Å². The molecule has 21 heavy (non-hydrogen) atoms. The van der Waals surface area contributed by atoms with Crippen molar-refractivity contribution in [3.05, 3.63) is 24.0 Å². The van der Waals surface area contributed by atoms with Crippen molar-refractivity contribution >= 4 is 23.4 Å². The third-order valence-corrected chi connectivity index (χ3v) is 4.19. The number of benzene rings is 1. The molecule has 1 rings (SSSR count). The van der Waals surface area contributed by atoms with Crippen molar-refractivity contribution < 1.29 is 9.18 Å². The van der Waals surface area contributed by atoms with Crippen LogP contribution in [0, 0.1) is 11.7 Å². The van der Waals surface area contributed by atoms with E-state index in [1.807, 2.05) is 6.92 Å². The summed E-state index contributed by atoms with van der Waals surface area (Å²) in [5.74, 6) is 0.470. The number of amides is 1. The van der Waals surface area contributed by atoms with Crippen LogP contribution >= 0.6 is 11.8 Å². The van der Waals surface area contributed by atoms with Gasteiger partial charge in [-0.3, -0.25) is 4.79 Å². The molecule has 1 unspecified atom stereocenters. The number of nitrogen functional groups attached to an aromatic ring is 1. The first kappa shape index (κ1) is 17.8.